The van der Waals surface area contributed by atoms with Gasteiger partial charge in [0.25, 0.3) is 10.0 Å². The maximum absolute atomic E-state index is 13.1. The maximum Gasteiger partial charge on any atom is 0.331 e. The third kappa shape index (κ3) is 6.00. The van der Waals surface area contributed by atoms with Crippen LogP contribution in [0.1, 0.15) is 31.2 Å². The number of nitrogens with zero attached hydrogens (tertiary/aromatic N) is 2. The molecular formula is C24H29ClFN3O4S. The normalized spacial score (nSPS) is 18.6. The predicted octanol–water partition coefficient (Wildman–Crippen LogP) is 4.19. The molecule has 184 valence electrons. The van der Waals surface area contributed by atoms with Gasteiger partial charge in [-0.05, 0) is 80.6 Å². The van der Waals surface area contributed by atoms with Crippen LogP contribution in [0.4, 0.5) is 9.18 Å². The van der Waals surface area contributed by atoms with Crippen LogP contribution in [0, 0.1) is 12.7 Å². The average molecular weight is 510 g/mol. The third-order valence-corrected chi connectivity index (χ3v) is 8.09. The van der Waals surface area contributed by atoms with Gasteiger partial charge < -0.3 is 9.64 Å². The SMILES string of the molecule is Cc1cc(Cl)ccc1OC1CCN(C2CCN(C(=O)NS(=O)(=O)c3ccc(F)cc3)CC2)CC1. The van der Waals surface area contributed by atoms with Crippen LogP contribution >= 0.6 is 11.6 Å². The number of ether oxygens (including phenoxy) is 1. The zero-order chi connectivity index (χ0) is 24.3. The number of carbonyl (C=O) groups excluding carboxylic acids is 1. The molecular weight excluding hydrogens is 481 g/mol. The van der Waals surface area contributed by atoms with Gasteiger partial charge in [-0.1, -0.05) is 11.6 Å². The summed E-state index contributed by atoms with van der Waals surface area (Å²) in [5.41, 5.74) is 1.03. The molecule has 2 amide bonds. The van der Waals surface area contributed by atoms with Crippen LogP contribution < -0.4 is 9.46 Å². The molecule has 2 aromatic rings. The number of sulfonamides is 1. The first kappa shape index (κ1) is 24.8. The molecule has 4 rings (SSSR count). The summed E-state index contributed by atoms with van der Waals surface area (Å²) in [4.78, 5) is 16.4. The van der Waals surface area contributed by atoms with E-state index in [0.717, 1.165) is 74.4 Å². The number of urea groups is 1. The van der Waals surface area contributed by atoms with Gasteiger partial charge in [-0.25, -0.2) is 22.3 Å². The fourth-order valence-corrected chi connectivity index (χ4v) is 5.77. The topological polar surface area (TPSA) is 79.0 Å². The molecule has 7 nitrogen and oxygen atoms in total. The highest BCUT2D eigenvalue weighted by molar-refractivity contribution is 7.90. The molecule has 2 aliphatic rings. The zero-order valence-electron chi connectivity index (χ0n) is 19.0. The zero-order valence-corrected chi connectivity index (χ0v) is 20.6. The Kier molecular flexibility index (Phi) is 7.64. The fourth-order valence-electron chi connectivity index (χ4n) is 4.57. The van der Waals surface area contributed by atoms with Crippen molar-refractivity contribution in [1.82, 2.24) is 14.5 Å². The number of hydrogen-bond acceptors (Lipinski definition) is 5. The predicted molar refractivity (Wildman–Crippen MR) is 128 cm³/mol. The molecule has 2 heterocycles. The number of halogens is 2. The molecule has 0 saturated carbocycles. The van der Waals surface area contributed by atoms with Gasteiger partial charge >= 0.3 is 6.03 Å². The van der Waals surface area contributed by atoms with E-state index in [4.69, 9.17) is 16.3 Å². The number of piperidine rings is 2. The standard InChI is InChI=1S/C24H29ClFN3O4S/c1-17-16-18(25)2-7-23(17)33-21-10-14-28(15-11-21)20-8-12-29(13-9-20)24(30)27-34(31,32)22-5-3-19(26)4-6-22/h2-7,16,20-21H,8-15H2,1H3,(H,27,30). The van der Waals surface area contributed by atoms with Gasteiger partial charge in [0.2, 0.25) is 0 Å². The number of rotatable bonds is 5. The average Bonchev–Trinajstić information content (AvgIpc) is 2.81. The minimum absolute atomic E-state index is 0.143. The monoisotopic (exact) mass is 509 g/mol. The van der Waals surface area contributed by atoms with Crippen LogP contribution in [-0.4, -0.2) is 62.6 Å². The van der Waals surface area contributed by atoms with Gasteiger partial charge in [-0.2, -0.15) is 0 Å². The molecule has 2 aliphatic heterocycles. The lowest BCUT2D eigenvalue weighted by molar-refractivity contribution is 0.0537. The van der Waals surface area contributed by atoms with Crippen molar-refractivity contribution < 1.29 is 22.3 Å². The first-order chi connectivity index (χ1) is 16.2. The Balaban J connectivity index is 1.23. The van der Waals surface area contributed by atoms with E-state index in [-0.39, 0.29) is 11.0 Å². The molecule has 2 fully saturated rings. The maximum atomic E-state index is 13.1. The van der Waals surface area contributed by atoms with Crippen LogP contribution in [0.25, 0.3) is 0 Å². The lowest BCUT2D eigenvalue weighted by atomic mass is 9.99. The first-order valence-corrected chi connectivity index (χ1v) is 13.3. The number of aryl methyl sites for hydroxylation is 1. The number of hydrogen-bond donors (Lipinski definition) is 1. The molecule has 0 spiro atoms. The highest BCUT2D eigenvalue weighted by atomic mass is 35.5. The van der Waals surface area contributed by atoms with E-state index >= 15 is 0 Å². The van der Waals surface area contributed by atoms with E-state index in [9.17, 15) is 17.6 Å². The van der Waals surface area contributed by atoms with Gasteiger partial charge in [0.1, 0.15) is 17.7 Å². The molecule has 34 heavy (non-hydrogen) atoms. The smallest absolute Gasteiger partial charge is 0.331 e. The second-order valence-electron chi connectivity index (χ2n) is 8.85. The molecule has 0 radical (unpaired) electrons. The van der Waals surface area contributed by atoms with Gasteiger partial charge in [0.15, 0.2) is 0 Å². The number of carbonyl (C=O) groups is 1. The second-order valence-corrected chi connectivity index (χ2v) is 11.0. The van der Waals surface area contributed by atoms with E-state index in [1.165, 1.54) is 4.90 Å². The number of nitrogens with one attached hydrogen (secondary N) is 1. The highest BCUT2D eigenvalue weighted by Crippen LogP contribution is 2.27. The first-order valence-electron chi connectivity index (χ1n) is 11.5. The molecule has 2 aromatic carbocycles. The summed E-state index contributed by atoms with van der Waals surface area (Å²) in [6.45, 7) is 4.80. The van der Waals surface area contributed by atoms with Crippen molar-refractivity contribution >= 4 is 27.7 Å². The fraction of sp³-hybridized carbons (Fsp3) is 0.458. The van der Waals surface area contributed by atoms with Crippen LogP contribution in [0.5, 0.6) is 5.75 Å². The largest absolute Gasteiger partial charge is 0.490 e. The highest BCUT2D eigenvalue weighted by Gasteiger charge is 2.31. The van der Waals surface area contributed by atoms with Crippen LogP contribution in [-0.2, 0) is 10.0 Å². The number of benzene rings is 2. The summed E-state index contributed by atoms with van der Waals surface area (Å²) in [6.07, 6.45) is 3.59. The number of likely N-dealkylation sites (tertiary alicyclic amines) is 2. The van der Waals surface area contributed by atoms with E-state index in [2.05, 4.69) is 9.62 Å². The Bertz CT molecular complexity index is 1110. The second kappa shape index (κ2) is 10.5. The van der Waals surface area contributed by atoms with Crippen LogP contribution in [0.2, 0.25) is 5.02 Å². The van der Waals surface area contributed by atoms with Gasteiger partial charge in [-0.15, -0.1) is 0 Å². The quantitative estimate of drug-likeness (QED) is 0.653. The molecule has 0 unspecified atom stereocenters. The van der Waals surface area contributed by atoms with Crippen molar-refractivity contribution in [2.45, 2.75) is 49.6 Å². The van der Waals surface area contributed by atoms with Crippen molar-refractivity contribution in [3.05, 3.63) is 58.9 Å². The minimum Gasteiger partial charge on any atom is -0.490 e. The van der Waals surface area contributed by atoms with Crippen molar-refractivity contribution in [3.63, 3.8) is 0 Å². The Morgan fingerprint density at radius 2 is 1.68 bits per heavy atom. The van der Waals surface area contributed by atoms with Crippen LogP contribution in [0.15, 0.2) is 47.4 Å². The van der Waals surface area contributed by atoms with Crippen molar-refractivity contribution in [2.75, 3.05) is 26.2 Å². The van der Waals surface area contributed by atoms with E-state index in [1.807, 2.05) is 25.1 Å². The van der Waals surface area contributed by atoms with Gasteiger partial charge in [0.05, 0.1) is 4.90 Å². The summed E-state index contributed by atoms with van der Waals surface area (Å²) >= 11 is 6.03. The molecule has 0 bridgehead atoms. The summed E-state index contributed by atoms with van der Waals surface area (Å²) in [6, 6.07) is 9.75. The van der Waals surface area contributed by atoms with Gasteiger partial charge in [0, 0.05) is 37.2 Å². The summed E-state index contributed by atoms with van der Waals surface area (Å²) < 4.78 is 46.1. The molecule has 2 saturated heterocycles. The minimum atomic E-state index is -4.04. The van der Waals surface area contributed by atoms with Crippen molar-refractivity contribution in [2.24, 2.45) is 0 Å². The van der Waals surface area contributed by atoms with Crippen molar-refractivity contribution in [3.8, 4) is 5.75 Å². The van der Waals surface area contributed by atoms with Gasteiger partial charge in [-0.3, -0.25) is 4.90 Å². The molecule has 10 heteroatoms. The van der Waals surface area contributed by atoms with E-state index < -0.39 is 21.9 Å². The van der Waals surface area contributed by atoms with E-state index in [1.54, 1.807) is 0 Å². The Morgan fingerprint density at radius 3 is 2.29 bits per heavy atom. The Hall–Kier alpha value is -2.36. The third-order valence-electron chi connectivity index (χ3n) is 6.52. The molecule has 1 N–H and O–H groups in total. The van der Waals surface area contributed by atoms with Crippen LogP contribution in [0.3, 0.4) is 0 Å². The lowest BCUT2D eigenvalue weighted by Crippen LogP contribution is -2.52. The Morgan fingerprint density at radius 1 is 1.03 bits per heavy atom. The molecule has 0 aromatic heterocycles. The summed E-state index contributed by atoms with van der Waals surface area (Å²) in [5.74, 6) is 0.334. The molecule has 0 atom stereocenters. The Labute approximate surface area is 204 Å². The number of amides is 2. The van der Waals surface area contributed by atoms with E-state index in [0.29, 0.717) is 24.2 Å². The van der Waals surface area contributed by atoms with Crippen molar-refractivity contribution in [1.29, 1.82) is 0 Å². The lowest BCUT2D eigenvalue weighted by Gasteiger charge is -2.41. The summed E-state index contributed by atoms with van der Waals surface area (Å²) in [7, 11) is -4.04. The molecule has 0 aliphatic carbocycles. The summed E-state index contributed by atoms with van der Waals surface area (Å²) in [5, 5.41) is 0.702.